The molecule has 1 heterocycles. The quantitative estimate of drug-likeness (QED) is 0.641. The summed E-state index contributed by atoms with van der Waals surface area (Å²) in [7, 11) is 0. The first kappa shape index (κ1) is 16.0. The molecule has 4 heteroatoms. The molecule has 1 amide bonds. The zero-order chi connectivity index (χ0) is 16.9. The SMILES string of the molecule is C=CCN(Cc1ccc(C#N)cc1)C(=O)c1cc2ccccc2s1. The van der Waals surface area contributed by atoms with Gasteiger partial charge in [0.25, 0.3) is 5.91 Å². The maximum atomic E-state index is 12.9. The number of nitriles is 1. The van der Waals surface area contributed by atoms with E-state index in [2.05, 4.69) is 12.6 Å². The fourth-order valence-electron chi connectivity index (χ4n) is 2.52. The number of thiophene rings is 1. The molecule has 0 saturated heterocycles. The zero-order valence-electron chi connectivity index (χ0n) is 13.1. The van der Waals surface area contributed by atoms with Gasteiger partial charge in [-0.1, -0.05) is 36.4 Å². The average Bonchev–Trinajstić information content (AvgIpc) is 3.05. The van der Waals surface area contributed by atoms with E-state index in [0.29, 0.717) is 18.7 Å². The van der Waals surface area contributed by atoms with Crippen LogP contribution in [0.1, 0.15) is 20.8 Å². The van der Waals surface area contributed by atoms with Crippen molar-refractivity contribution >= 4 is 27.3 Å². The van der Waals surface area contributed by atoms with Crippen molar-refractivity contribution in [2.45, 2.75) is 6.54 Å². The largest absolute Gasteiger partial charge is 0.330 e. The Kier molecular flexibility index (Phi) is 4.74. The lowest BCUT2D eigenvalue weighted by Gasteiger charge is -2.20. The number of fused-ring (bicyclic) bond motifs is 1. The molecule has 0 aliphatic rings. The Morgan fingerprint density at radius 2 is 1.96 bits per heavy atom. The van der Waals surface area contributed by atoms with E-state index in [0.717, 1.165) is 20.5 Å². The van der Waals surface area contributed by atoms with Gasteiger partial charge in [0.2, 0.25) is 0 Å². The molecule has 0 fully saturated rings. The molecule has 0 saturated carbocycles. The molecule has 1 aromatic heterocycles. The molecule has 0 spiro atoms. The van der Waals surface area contributed by atoms with Gasteiger partial charge in [-0.2, -0.15) is 5.26 Å². The minimum Gasteiger partial charge on any atom is -0.330 e. The summed E-state index contributed by atoms with van der Waals surface area (Å²) in [5.41, 5.74) is 1.61. The van der Waals surface area contributed by atoms with Crippen LogP contribution in [0.25, 0.3) is 10.1 Å². The van der Waals surface area contributed by atoms with E-state index in [1.54, 1.807) is 23.1 Å². The van der Waals surface area contributed by atoms with Crippen molar-refractivity contribution in [3.05, 3.63) is 83.3 Å². The summed E-state index contributed by atoms with van der Waals surface area (Å²) in [6.45, 7) is 4.72. The van der Waals surface area contributed by atoms with E-state index in [4.69, 9.17) is 5.26 Å². The third-order valence-electron chi connectivity index (χ3n) is 3.73. The van der Waals surface area contributed by atoms with Gasteiger partial charge in [-0.3, -0.25) is 4.79 Å². The number of rotatable bonds is 5. The van der Waals surface area contributed by atoms with Crippen molar-refractivity contribution in [1.82, 2.24) is 4.90 Å². The highest BCUT2D eigenvalue weighted by molar-refractivity contribution is 7.20. The number of amides is 1. The summed E-state index contributed by atoms with van der Waals surface area (Å²) < 4.78 is 1.11. The van der Waals surface area contributed by atoms with Gasteiger partial charge in [0.15, 0.2) is 0 Å². The minimum absolute atomic E-state index is 0.000426. The van der Waals surface area contributed by atoms with Gasteiger partial charge in [0.1, 0.15) is 0 Å². The van der Waals surface area contributed by atoms with Crippen LogP contribution in [-0.4, -0.2) is 17.4 Å². The second-order valence-corrected chi connectivity index (χ2v) is 6.52. The van der Waals surface area contributed by atoms with Crippen LogP contribution < -0.4 is 0 Å². The molecule has 3 rings (SSSR count). The number of carbonyl (C=O) groups excluding carboxylic acids is 1. The standard InChI is InChI=1S/C20H16N2OS/c1-2-11-22(14-16-9-7-15(13-21)8-10-16)20(23)19-12-17-5-3-4-6-18(17)24-19/h2-10,12H,1,11,14H2. The van der Waals surface area contributed by atoms with Crippen LogP contribution in [0, 0.1) is 11.3 Å². The summed E-state index contributed by atoms with van der Waals surface area (Å²) in [4.78, 5) is 15.4. The van der Waals surface area contributed by atoms with Crippen molar-refractivity contribution in [1.29, 1.82) is 5.26 Å². The Bertz CT molecular complexity index is 886. The highest BCUT2D eigenvalue weighted by atomic mass is 32.1. The van der Waals surface area contributed by atoms with Gasteiger partial charge in [0, 0.05) is 17.8 Å². The Morgan fingerprint density at radius 3 is 2.62 bits per heavy atom. The molecule has 0 aliphatic heterocycles. The van der Waals surface area contributed by atoms with Crippen LogP contribution in [0.3, 0.4) is 0 Å². The first-order valence-corrected chi connectivity index (χ1v) is 8.40. The van der Waals surface area contributed by atoms with Crippen LogP contribution in [0.4, 0.5) is 0 Å². The van der Waals surface area contributed by atoms with Crippen molar-refractivity contribution in [2.75, 3.05) is 6.54 Å². The summed E-state index contributed by atoms with van der Waals surface area (Å²) in [6, 6.07) is 19.3. The smallest absolute Gasteiger partial charge is 0.264 e. The van der Waals surface area contributed by atoms with E-state index in [1.165, 1.54) is 11.3 Å². The van der Waals surface area contributed by atoms with Gasteiger partial charge < -0.3 is 4.90 Å². The van der Waals surface area contributed by atoms with Crippen molar-refractivity contribution in [2.24, 2.45) is 0 Å². The molecule has 3 nitrogen and oxygen atoms in total. The third kappa shape index (κ3) is 3.37. The van der Waals surface area contributed by atoms with Crippen LogP contribution in [0.15, 0.2) is 67.3 Å². The molecule has 0 bridgehead atoms. The predicted molar refractivity (Wildman–Crippen MR) is 97.9 cm³/mol. The monoisotopic (exact) mass is 332 g/mol. The van der Waals surface area contributed by atoms with E-state index in [1.807, 2.05) is 42.5 Å². The molecular weight excluding hydrogens is 316 g/mol. The Labute approximate surface area is 145 Å². The number of hydrogen-bond acceptors (Lipinski definition) is 3. The highest BCUT2D eigenvalue weighted by Crippen LogP contribution is 2.26. The predicted octanol–water partition coefficient (Wildman–Crippen LogP) is 4.60. The van der Waals surface area contributed by atoms with Crippen molar-refractivity contribution in [3.8, 4) is 6.07 Å². The van der Waals surface area contributed by atoms with Crippen LogP contribution in [0.5, 0.6) is 0 Å². The molecule has 24 heavy (non-hydrogen) atoms. The molecule has 0 N–H and O–H groups in total. The van der Waals surface area contributed by atoms with Gasteiger partial charge in [-0.25, -0.2) is 0 Å². The fraction of sp³-hybridized carbons (Fsp3) is 0.100. The van der Waals surface area contributed by atoms with Crippen LogP contribution in [-0.2, 0) is 6.54 Å². The van der Waals surface area contributed by atoms with Crippen molar-refractivity contribution < 1.29 is 4.79 Å². The van der Waals surface area contributed by atoms with Gasteiger partial charge in [-0.05, 0) is 35.2 Å². The Hall–Kier alpha value is -2.90. The lowest BCUT2D eigenvalue weighted by Crippen LogP contribution is -2.30. The molecule has 0 radical (unpaired) electrons. The van der Waals surface area contributed by atoms with E-state index in [-0.39, 0.29) is 5.91 Å². The maximum absolute atomic E-state index is 12.9. The van der Waals surface area contributed by atoms with E-state index < -0.39 is 0 Å². The Balaban J connectivity index is 1.84. The molecule has 118 valence electrons. The van der Waals surface area contributed by atoms with E-state index in [9.17, 15) is 4.79 Å². The first-order valence-electron chi connectivity index (χ1n) is 7.59. The Morgan fingerprint density at radius 1 is 1.21 bits per heavy atom. The van der Waals surface area contributed by atoms with E-state index >= 15 is 0 Å². The molecule has 2 aromatic carbocycles. The van der Waals surface area contributed by atoms with Crippen LogP contribution in [0.2, 0.25) is 0 Å². The number of benzene rings is 2. The molecule has 3 aromatic rings. The number of nitrogens with zero attached hydrogens (tertiary/aromatic N) is 2. The normalized spacial score (nSPS) is 10.3. The highest BCUT2D eigenvalue weighted by Gasteiger charge is 2.17. The average molecular weight is 332 g/mol. The third-order valence-corrected chi connectivity index (χ3v) is 4.83. The fourth-order valence-corrected chi connectivity index (χ4v) is 3.55. The van der Waals surface area contributed by atoms with Crippen LogP contribution >= 0.6 is 11.3 Å². The second-order valence-electron chi connectivity index (χ2n) is 5.43. The first-order chi connectivity index (χ1) is 11.7. The number of carbonyl (C=O) groups is 1. The lowest BCUT2D eigenvalue weighted by molar-refractivity contribution is 0.0767. The van der Waals surface area contributed by atoms with Gasteiger partial charge in [0.05, 0.1) is 16.5 Å². The molecular formula is C20H16N2OS. The molecule has 0 unspecified atom stereocenters. The molecule has 0 aliphatic carbocycles. The molecule has 0 atom stereocenters. The van der Waals surface area contributed by atoms with Gasteiger partial charge in [-0.15, -0.1) is 17.9 Å². The lowest BCUT2D eigenvalue weighted by atomic mass is 10.1. The summed E-state index contributed by atoms with van der Waals surface area (Å²) >= 11 is 1.51. The van der Waals surface area contributed by atoms with Crippen molar-refractivity contribution in [3.63, 3.8) is 0 Å². The summed E-state index contributed by atoms with van der Waals surface area (Å²) in [6.07, 6.45) is 1.73. The minimum atomic E-state index is 0.000426. The topological polar surface area (TPSA) is 44.1 Å². The zero-order valence-corrected chi connectivity index (χ0v) is 13.9. The maximum Gasteiger partial charge on any atom is 0.264 e. The second kappa shape index (κ2) is 7.12. The summed E-state index contributed by atoms with van der Waals surface area (Å²) in [5.74, 6) is 0.000426. The number of hydrogen-bond donors (Lipinski definition) is 0. The van der Waals surface area contributed by atoms with Gasteiger partial charge >= 0.3 is 0 Å². The summed E-state index contributed by atoms with van der Waals surface area (Å²) in [5, 5.41) is 9.96.